The Labute approximate surface area is 133 Å². The highest BCUT2D eigenvalue weighted by molar-refractivity contribution is 6.31. The third-order valence-corrected chi connectivity index (χ3v) is 5.15. The summed E-state index contributed by atoms with van der Waals surface area (Å²) in [5.74, 6) is 1.07. The Morgan fingerprint density at radius 1 is 1.19 bits per heavy atom. The van der Waals surface area contributed by atoms with Gasteiger partial charge in [-0.2, -0.15) is 0 Å². The SMILES string of the molecule is CN(c1cc(CNC2CC2)c(Cl)cn1)C1CCCCCC1. The molecule has 1 N–H and O–H groups in total. The Bertz CT molecular complexity index is 465. The molecule has 2 aliphatic rings. The third-order valence-electron chi connectivity index (χ3n) is 4.81. The fourth-order valence-corrected chi connectivity index (χ4v) is 3.34. The molecule has 0 spiro atoms. The van der Waals surface area contributed by atoms with Crippen molar-refractivity contribution in [3.05, 3.63) is 22.8 Å². The van der Waals surface area contributed by atoms with E-state index in [1.165, 1.54) is 56.9 Å². The van der Waals surface area contributed by atoms with Crippen molar-refractivity contribution in [2.24, 2.45) is 0 Å². The average Bonchev–Trinajstić information content (AvgIpc) is 3.32. The number of anilines is 1. The first kappa shape index (κ1) is 15.1. The maximum atomic E-state index is 6.30. The van der Waals surface area contributed by atoms with Crippen molar-refractivity contribution in [2.75, 3.05) is 11.9 Å². The molecule has 0 unspecified atom stereocenters. The normalized spacial score (nSPS) is 20.3. The monoisotopic (exact) mass is 307 g/mol. The van der Waals surface area contributed by atoms with Gasteiger partial charge in [0.2, 0.25) is 0 Å². The first-order valence-corrected chi connectivity index (χ1v) is 8.72. The minimum absolute atomic E-state index is 0.630. The van der Waals surface area contributed by atoms with E-state index in [0.29, 0.717) is 12.1 Å². The molecule has 2 saturated carbocycles. The molecule has 116 valence electrons. The Morgan fingerprint density at radius 2 is 1.90 bits per heavy atom. The van der Waals surface area contributed by atoms with Crippen molar-refractivity contribution in [2.45, 2.75) is 70.0 Å². The van der Waals surface area contributed by atoms with Crippen molar-refractivity contribution >= 4 is 17.4 Å². The minimum atomic E-state index is 0.630. The van der Waals surface area contributed by atoms with Crippen LogP contribution in [-0.2, 0) is 6.54 Å². The van der Waals surface area contributed by atoms with Crippen LogP contribution < -0.4 is 10.2 Å². The van der Waals surface area contributed by atoms with Crippen LogP contribution in [-0.4, -0.2) is 24.1 Å². The van der Waals surface area contributed by atoms with Crippen LogP contribution in [0.1, 0.15) is 56.9 Å². The van der Waals surface area contributed by atoms with Crippen LogP contribution in [0.3, 0.4) is 0 Å². The lowest BCUT2D eigenvalue weighted by atomic mass is 10.1. The van der Waals surface area contributed by atoms with Crippen LogP contribution in [0, 0.1) is 0 Å². The molecular formula is C17H26ClN3. The largest absolute Gasteiger partial charge is 0.357 e. The molecule has 0 aromatic carbocycles. The van der Waals surface area contributed by atoms with Crippen LogP contribution in [0.5, 0.6) is 0 Å². The fourth-order valence-electron chi connectivity index (χ4n) is 3.17. The molecule has 3 nitrogen and oxygen atoms in total. The van der Waals surface area contributed by atoms with Gasteiger partial charge in [0, 0.05) is 31.9 Å². The van der Waals surface area contributed by atoms with Crippen molar-refractivity contribution in [1.29, 1.82) is 0 Å². The van der Waals surface area contributed by atoms with Crippen LogP contribution in [0.2, 0.25) is 5.02 Å². The quantitative estimate of drug-likeness (QED) is 0.828. The molecule has 2 aliphatic carbocycles. The van der Waals surface area contributed by atoms with E-state index in [1.807, 2.05) is 6.20 Å². The molecule has 0 bridgehead atoms. The first-order chi connectivity index (χ1) is 10.2. The molecule has 3 rings (SSSR count). The van der Waals surface area contributed by atoms with Crippen LogP contribution >= 0.6 is 11.6 Å². The summed E-state index contributed by atoms with van der Waals surface area (Å²) >= 11 is 6.30. The van der Waals surface area contributed by atoms with Gasteiger partial charge in [-0.05, 0) is 37.3 Å². The lowest BCUT2D eigenvalue weighted by Gasteiger charge is -2.28. The van der Waals surface area contributed by atoms with Gasteiger partial charge in [0.1, 0.15) is 5.82 Å². The maximum Gasteiger partial charge on any atom is 0.128 e. The summed E-state index contributed by atoms with van der Waals surface area (Å²) in [5.41, 5.74) is 1.18. The number of hydrogen-bond donors (Lipinski definition) is 1. The van der Waals surface area contributed by atoms with Gasteiger partial charge in [-0.1, -0.05) is 37.3 Å². The summed E-state index contributed by atoms with van der Waals surface area (Å²) in [4.78, 5) is 6.92. The fraction of sp³-hybridized carbons (Fsp3) is 0.706. The van der Waals surface area contributed by atoms with Gasteiger partial charge in [0.15, 0.2) is 0 Å². The molecule has 0 radical (unpaired) electrons. The maximum absolute atomic E-state index is 6.30. The summed E-state index contributed by atoms with van der Waals surface area (Å²) in [5, 5.41) is 4.32. The summed E-state index contributed by atoms with van der Waals surface area (Å²) in [7, 11) is 2.18. The molecule has 0 atom stereocenters. The zero-order valence-electron chi connectivity index (χ0n) is 12.9. The second kappa shape index (κ2) is 6.97. The second-order valence-corrected chi connectivity index (χ2v) is 6.95. The standard InChI is InChI=1S/C17H26ClN3/c1-21(15-6-4-2-3-5-7-15)17-10-13(16(18)12-20-17)11-19-14-8-9-14/h10,12,14-15,19H,2-9,11H2,1H3. The highest BCUT2D eigenvalue weighted by Crippen LogP contribution is 2.27. The summed E-state index contributed by atoms with van der Waals surface area (Å²) in [6.07, 6.45) is 12.5. The Balaban J connectivity index is 1.68. The average molecular weight is 308 g/mol. The van der Waals surface area contributed by atoms with Gasteiger partial charge in [0.25, 0.3) is 0 Å². The molecule has 4 heteroatoms. The molecule has 0 saturated heterocycles. The molecule has 1 heterocycles. The van der Waals surface area contributed by atoms with Crippen molar-refractivity contribution in [1.82, 2.24) is 10.3 Å². The van der Waals surface area contributed by atoms with Crippen molar-refractivity contribution in [3.63, 3.8) is 0 Å². The predicted molar refractivity (Wildman–Crippen MR) is 89.0 cm³/mol. The topological polar surface area (TPSA) is 28.2 Å². The van der Waals surface area contributed by atoms with Crippen molar-refractivity contribution < 1.29 is 0 Å². The summed E-state index contributed by atoms with van der Waals surface area (Å²) < 4.78 is 0. The molecule has 0 amide bonds. The first-order valence-electron chi connectivity index (χ1n) is 8.34. The van der Waals surface area contributed by atoms with E-state index in [4.69, 9.17) is 11.6 Å². The predicted octanol–water partition coefficient (Wildman–Crippen LogP) is 4.15. The minimum Gasteiger partial charge on any atom is -0.357 e. The number of halogens is 1. The third kappa shape index (κ3) is 4.10. The number of nitrogens with one attached hydrogen (secondary N) is 1. The zero-order chi connectivity index (χ0) is 14.7. The highest BCUT2D eigenvalue weighted by atomic mass is 35.5. The number of pyridine rings is 1. The van der Waals surface area contributed by atoms with Gasteiger partial charge in [-0.3, -0.25) is 0 Å². The summed E-state index contributed by atoms with van der Waals surface area (Å²) in [6.45, 7) is 0.859. The summed E-state index contributed by atoms with van der Waals surface area (Å²) in [6, 6.07) is 3.51. The number of nitrogens with zero attached hydrogens (tertiary/aromatic N) is 2. The van der Waals surface area contributed by atoms with E-state index in [2.05, 4.69) is 28.3 Å². The van der Waals surface area contributed by atoms with E-state index in [1.54, 1.807) is 0 Å². The van der Waals surface area contributed by atoms with E-state index >= 15 is 0 Å². The molecule has 1 aromatic rings. The van der Waals surface area contributed by atoms with Gasteiger partial charge < -0.3 is 10.2 Å². The smallest absolute Gasteiger partial charge is 0.128 e. The zero-order valence-corrected chi connectivity index (χ0v) is 13.7. The van der Waals surface area contributed by atoms with E-state index in [0.717, 1.165) is 17.4 Å². The van der Waals surface area contributed by atoms with Crippen LogP contribution in [0.25, 0.3) is 0 Å². The van der Waals surface area contributed by atoms with Crippen LogP contribution in [0.4, 0.5) is 5.82 Å². The van der Waals surface area contributed by atoms with E-state index in [9.17, 15) is 0 Å². The molecular weight excluding hydrogens is 282 g/mol. The number of rotatable bonds is 5. The van der Waals surface area contributed by atoms with Gasteiger partial charge >= 0.3 is 0 Å². The van der Waals surface area contributed by atoms with Gasteiger partial charge in [0.05, 0.1) is 5.02 Å². The van der Waals surface area contributed by atoms with Gasteiger partial charge in [-0.25, -0.2) is 4.98 Å². The highest BCUT2D eigenvalue weighted by Gasteiger charge is 2.22. The molecule has 2 fully saturated rings. The Kier molecular flexibility index (Phi) is 5.02. The van der Waals surface area contributed by atoms with Gasteiger partial charge in [-0.15, -0.1) is 0 Å². The Morgan fingerprint density at radius 3 is 2.57 bits per heavy atom. The molecule has 0 aliphatic heterocycles. The van der Waals surface area contributed by atoms with E-state index < -0.39 is 0 Å². The Hall–Kier alpha value is -0.800. The van der Waals surface area contributed by atoms with Crippen molar-refractivity contribution in [3.8, 4) is 0 Å². The number of hydrogen-bond acceptors (Lipinski definition) is 3. The lowest BCUT2D eigenvalue weighted by molar-refractivity contribution is 0.549. The molecule has 21 heavy (non-hydrogen) atoms. The molecule has 1 aromatic heterocycles. The number of aromatic nitrogens is 1. The van der Waals surface area contributed by atoms with E-state index in [-0.39, 0.29) is 0 Å². The lowest BCUT2D eigenvalue weighted by Crippen LogP contribution is -2.32. The second-order valence-electron chi connectivity index (χ2n) is 6.55. The van der Waals surface area contributed by atoms with Crippen LogP contribution in [0.15, 0.2) is 12.3 Å².